The van der Waals surface area contributed by atoms with Gasteiger partial charge in [0.2, 0.25) is 0 Å². The van der Waals surface area contributed by atoms with Crippen LogP contribution < -0.4 is 0 Å². The van der Waals surface area contributed by atoms with Crippen LogP contribution in [0.3, 0.4) is 0 Å². The van der Waals surface area contributed by atoms with Gasteiger partial charge in [-0.25, -0.2) is 0 Å². The van der Waals surface area contributed by atoms with Crippen molar-refractivity contribution in [2.75, 3.05) is 6.61 Å². The van der Waals surface area contributed by atoms with Gasteiger partial charge in [-0.1, -0.05) is 162 Å². The van der Waals surface area contributed by atoms with Crippen molar-refractivity contribution in [1.29, 1.82) is 0 Å². The highest BCUT2D eigenvalue weighted by molar-refractivity contribution is 5.69. The Kier molecular flexibility index (Phi) is 20.0. The van der Waals surface area contributed by atoms with E-state index in [2.05, 4.69) is 66.7 Å². The van der Waals surface area contributed by atoms with Crippen LogP contribution in [0.4, 0.5) is 0 Å². The fraction of sp³-hybridized carbons (Fsp3) is 0.906. The molecule has 14 unspecified atom stereocenters. The number of rotatable bonds is 25. The molecule has 0 spiro atoms. The Labute approximate surface area is 367 Å². The van der Waals surface area contributed by atoms with E-state index in [-0.39, 0.29) is 24.1 Å². The molecule has 1 heterocycles. The third-order valence-electron chi connectivity index (χ3n) is 17.1. The Morgan fingerprint density at radius 2 is 1.37 bits per heavy atom. The summed E-state index contributed by atoms with van der Waals surface area (Å²) in [6.07, 6.45) is 31.1. The van der Waals surface area contributed by atoms with Crippen LogP contribution in [0.2, 0.25) is 0 Å². The van der Waals surface area contributed by atoms with Crippen LogP contribution in [0, 0.1) is 52.3 Å². The molecule has 3 N–H and O–H groups in total. The van der Waals surface area contributed by atoms with Gasteiger partial charge in [-0.2, -0.15) is 0 Å². The normalized spacial score (nSPS) is 36.4. The van der Waals surface area contributed by atoms with E-state index < -0.39 is 30.7 Å². The molecule has 0 aromatic heterocycles. The second-order valence-corrected chi connectivity index (χ2v) is 21.5. The van der Waals surface area contributed by atoms with Crippen molar-refractivity contribution in [2.45, 2.75) is 246 Å². The zero-order valence-corrected chi connectivity index (χ0v) is 39.6. The molecule has 7 heteroatoms. The molecule has 60 heavy (non-hydrogen) atoms. The van der Waals surface area contributed by atoms with Gasteiger partial charge in [0, 0.05) is 6.42 Å². The lowest BCUT2D eigenvalue weighted by Gasteiger charge is -2.58. The molecule has 0 aromatic rings. The molecule has 3 saturated carbocycles. The van der Waals surface area contributed by atoms with Crippen molar-refractivity contribution in [3.05, 3.63) is 23.8 Å². The minimum Gasteiger partial charge on any atom is -0.463 e. The van der Waals surface area contributed by atoms with Crippen LogP contribution in [0.5, 0.6) is 0 Å². The number of unbranched alkanes of at least 4 members (excludes halogenated alkanes) is 14. The summed E-state index contributed by atoms with van der Waals surface area (Å²) in [7, 11) is 0. The summed E-state index contributed by atoms with van der Waals surface area (Å²) in [4.78, 5) is 12.6. The molecule has 4 fully saturated rings. The third kappa shape index (κ3) is 12.7. The molecule has 0 amide bonds. The molecule has 4 aliphatic carbocycles. The first kappa shape index (κ1) is 49.8. The van der Waals surface area contributed by atoms with Gasteiger partial charge in [-0.05, 0) is 116 Å². The number of carbonyl (C=O) groups excluding carboxylic acids is 1. The van der Waals surface area contributed by atoms with Gasteiger partial charge in [-0.15, -0.1) is 0 Å². The number of aliphatic hydroxyl groups excluding tert-OH is 3. The zero-order valence-electron chi connectivity index (χ0n) is 39.6. The number of aliphatic hydroxyl groups is 3. The number of fused-ring (bicyclic) bond motifs is 5. The fourth-order valence-electron chi connectivity index (χ4n) is 13.0. The number of ether oxygens (including phenoxy) is 3. The quantitative estimate of drug-likeness (QED) is 0.0477. The fourth-order valence-corrected chi connectivity index (χ4v) is 13.0. The van der Waals surface area contributed by atoms with Gasteiger partial charge >= 0.3 is 5.97 Å². The van der Waals surface area contributed by atoms with E-state index in [1.807, 2.05) is 0 Å². The van der Waals surface area contributed by atoms with E-state index in [1.165, 1.54) is 109 Å². The van der Waals surface area contributed by atoms with E-state index in [0.29, 0.717) is 47.3 Å². The first-order chi connectivity index (χ1) is 28.8. The van der Waals surface area contributed by atoms with Gasteiger partial charge in [-0.3, -0.25) is 4.79 Å². The van der Waals surface area contributed by atoms with Gasteiger partial charge in [0.25, 0.3) is 0 Å². The van der Waals surface area contributed by atoms with Crippen LogP contribution in [-0.2, 0) is 19.0 Å². The number of hydrogen-bond acceptors (Lipinski definition) is 7. The zero-order chi connectivity index (χ0) is 43.3. The third-order valence-corrected chi connectivity index (χ3v) is 17.1. The average molecular weight is 841 g/mol. The van der Waals surface area contributed by atoms with Gasteiger partial charge in [0.05, 0.1) is 6.10 Å². The highest BCUT2D eigenvalue weighted by Crippen LogP contribution is 2.67. The largest absolute Gasteiger partial charge is 0.463 e. The lowest BCUT2D eigenvalue weighted by Crippen LogP contribution is -2.60. The molecule has 0 bridgehead atoms. The maximum Gasteiger partial charge on any atom is 0.305 e. The number of carbonyl (C=O) groups is 1. The van der Waals surface area contributed by atoms with E-state index in [4.69, 9.17) is 14.2 Å². The lowest BCUT2D eigenvalue weighted by atomic mass is 9.47. The van der Waals surface area contributed by atoms with E-state index >= 15 is 0 Å². The Balaban J connectivity index is 1.02. The molecule has 0 aromatic carbocycles. The van der Waals surface area contributed by atoms with Crippen LogP contribution in [0.25, 0.3) is 0 Å². The Morgan fingerprint density at radius 1 is 0.767 bits per heavy atom. The Hall–Kier alpha value is -1.25. The topological polar surface area (TPSA) is 105 Å². The molecular formula is C53H92O7. The Bertz CT molecular complexity index is 1330. The Morgan fingerprint density at radius 3 is 1.98 bits per heavy atom. The first-order valence-corrected chi connectivity index (χ1v) is 25.7. The summed E-state index contributed by atoms with van der Waals surface area (Å²) in [6.45, 7) is 16.8. The molecular weight excluding hydrogens is 749 g/mol. The standard InChI is InChI=1S/C53H92O7/c1-8-10-11-12-13-14-15-16-17-18-19-20-21-22-23-24-47(54)58-36-46-48(55)49(56)50(57)51(60-46)59-41-31-33-52(6)40(35-41)27-28-42-44-30-29-43(53(44,7)34-32-45(42)52)38(5)25-26-39(9-2)37(3)4/h25-26,28,37-41,43-46,48-51,55-57H,8-24,27,29-36H2,1-7H3. The molecule has 5 aliphatic rings. The highest BCUT2D eigenvalue weighted by Gasteiger charge is 2.58. The van der Waals surface area contributed by atoms with Crippen molar-refractivity contribution < 1.29 is 34.3 Å². The molecule has 1 saturated heterocycles. The minimum atomic E-state index is -1.44. The van der Waals surface area contributed by atoms with Gasteiger partial charge < -0.3 is 29.5 Å². The van der Waals surface area contributed by atoms with Crippen molar-refractivity contribution in [2.24, 2.45) is 52.3 Å². The summed E-state index contributed by atoms with van der Waals surface area (Å²) < 4.78 is 18.1. The van der Waals surface area contributed by atoms with Crippen LogP contribution in [-0.4, -0.2) is 64.7 Å². The maximum atomic E-state index is 12.6. The summed E-state index contributed by atoms with van der Waals surface area (Å²) in [5, 5.41) is 32.6. The summed E-state index contributed by atoms with van der Waals surface area (Å²) in [5.41, 5.74) is 2.35. The second-order valence-electron chi connectivity index (χ2n) is 21.5. The van der Waals surface area contributed by atoms with Gasteiger partial charge in [0.1, 0.15) is 31.0 Å². The average Bonchev–Trinajstić information content (AvgIpc) is 3.59. The summed E-state index contributed by atoms with van der Waals surface area (Å²) in [5.74, 6) is 4.18. The summed E-state index contributed by atoms with van der Waals surface area (Å²) in [6, 6.07) is 0. The van der Waals surface area contributed by atoms with E-state index in [1.54, 1.807) is 5.57 Å². The SMILES string of the molecule is CCCCCCCCCCCCCCCCCC(=O)OCC1OC(OC2CCC3(C)C(CC=C4C3CCC3(C)C4CCC3C(C)C=CC(CC)C(C)C)C2)C(O)C(O)C1O. The van der Waals surface area contributed by atoms with Crippen LogP contribution >= 0.6 is 0 Å². The van der Waals surface area contributed by atoms with E-state index in [9.17, 15) is 20.1 Å². The van der Waals surface area contributed by atoms with Crippen molar-refractivity contribution in [1.82, 2.24) is 0 Å². The van der Waals surface area contributed by atoms with Gasteiger partial charge in [0.15, 0.2) is 6.29 Å². The predicted molar refractivity (Wildman–Crippen MR) is 244 cm³/mol. The predicted octanol–water partition coefficient (Wildman–Crippen LogP) is 12.4. The van der Waals surface area contributed by atoms with Crippen molar-refractivity contribution in [3.63, 3.8) is 0 Å². The number of hydrogen-bond donors (Lipinski definition) is 3. The molecule has 5 rings (SSSR count). The molecule has 7 nitrogen and oxygen atoms in total. The van der Waals surface area contributed by atoms with Crippen molar-refractivity contribution >= 4 is 5.97 Å². The second kappa shape index (κ2) is 24.2. The molecule has 0 radical (unpaired) electrons. The maximum absolute atomic E-state index is 12.6. The monoisotopic (exact) mass is 841 g/mol. The van der Waals surface area contributed by atoms with Crippen LogP contribution in [0.1, 0.15) is 209 Å². The van der Waals surface area contributed by atoms with Crippen molar-refractivity contribution in [3.8, 4) is 0 Å². The molecule has 1 aliphatic heterocycles. The summed E-state index contributed by atoms with van der Waals surface area (Å²) >= 11 is 0. The molecule has 346 valence electrons. The number of allylic oxidation sites excluding steroid dienone is 4. The first-order valence-electron chi connectivity index (χ1n) is 25.7. The molecule has 14 atom stereocenters. The highest BCUT2D eigenvalue weighted by atomic mass is 16.7. The lowest BCUT2D eigenvalue weighted by molar-refractivity contribution is -0.316. The minimum absolute atomic E-state index is 0.108. The smallest absolute Gasteiger partial charge is 0.305 e. The van der Waals surface area contributed by atoms with Crippen LogP contribution in [0.15, 0.2) is 23.8 Å². The number of esters is 1. The van der Waals surface area contributed by atoms with E-state index in [0.717, 1.165) is 50.9 Å².